The Kier molecular flexibility index (Phi) is 5.09. The Morgan fingerprint density at radius 1 is 1.04 bits per heavy atom. The maximum Gasteiger partial charge on any atom is 0.220 e. The van der Waals surface area contributed by atoms with Gasteiger partial charge in [0.15, 0.2) is 5.78 Å². The third kappa shape index (κ3) is 3.91. The van der Waals surface area contributed by atoms with Crippen LogP contribution in [0.4, 0.5) is 0 Å². The van der Waals surface area contributed by atoms with E-state index in [0.717, 1.165) is 24.8 Å². The maximum absolute atomic E-state index is 12.2. The van der Waals surface area contributed by atoms with Crippen LogP contribution >= 0.6 is 0 Å². The van der Waals surface area contributed by atoms with Crippen molar-refractivity contribution in [3.05, 3.63) is 70.8 Å². The van der Waals surface area contributed by atoms with Crippen molar-refractivity contribution in [2.24, 2.45) is 0 Å². The van der Waals surface area contributed by atoms with E-state index in [1.807, 2.05) is 43.3 Å². The molecule has 0 aliphatic heterocycles. The summed E-state index contributed by atoms with van der Waals surface area (Å²) in [6.45, 7) is 1.99. The van der Waals surface area contributed by atoms with E-state index >= 15 is 0 Å². The quantitative estimate of drug-likeness (QED) is 0.841. The molecule has 1 aliphatic rings. The van der Waals surface area contributed by atoms with Crippen molar-refractivity contribution in [2.75, 3.05) is 0 Å². The number of ketones is 1. The van der Waals surface area contributed by atoms with Crippen molar-refractivity contribution in [1.82, 2.24) is 5.32 Å². The van der Waals surface area contributed by atoms with Crippen LogP contribution in [-0.2, 0) is 11.2 Å². The zero-order chi connectivity index (χ0) is 16.9. The molecule has 0 saturated heterocycles. The first-order valence-electron chi connectivity index (χ1n) is 8.60. The fourth-order valence-electron chi connectivity index (χ4n) is 3.28. The van der Waals surface area contributed by atoms with Crippen LogP contribution in [0.3, 0.4) is 0 Å². The van der Waals surface area contributed by atoms with E-state index < -0.39 is 0 Å². The van der Waals surface area contributed by atoms with Crippen LogP contribution in [-0.4, -0.2) is 11.7 Å². The second kappa shape index (κ2) is 7.43. The summed E-state index contributed by atoms with van der Waals surface area (Å²) in [6, 6.07) is 15.9. The molecule has 0 fully saturated rings. The van der Waals surface area contributed by atoms with Gasteiger partial charge in [-0.05, 0) is 37.3 Å². The van der Waals surface area contributed by atoms with Crippen LogP contribution in [0.2, 0.25) is 0 Å². The molecule has 1 amide bonds. The van der Waals surface area contributed by atoms with E-state index in [2.05, 4.69) is 17.4 Å². The summed E-state index contributed by atoms with van der Waals surface area (Å²) >= 11 is 0. The van der Waals surface area contributed by atoms with Gasteiger partial charge in [-0.3, -0.25) is 9.59 Å². The van der Waals surface area contributed by atoms with Gasteiger partial charge in [-0.1, -0.05) is 54.1 Å². The van der Waals surface area contributed by atoms with Crippen molar-refractivity contribution in [3.63, 3.8) is 0 Å². The number of hydrogen-bond donors (Lipinski definition) is 1. The Hall–Kier alpha value is -2.42. The monoisotopic (exact) mass is 321 g/mol. The lowest BCUT2D eigenvalue weighted by atomic mass is 9.87. The molecule has 0 heterocycles. The van der Waals surface area contributed by atoms with Crippen LogP contribution in [0.15, 0.2) is 48.5 Å². The molecule has 124 valence electrons. The Morgan fingerprint density at radius 2 is 1.79 bits per heavy atom. The Balaban J connectivity index is 1.55. The molecule has 2 aromatic rings. The van der Waals surface area contributed by atoms with Crippen molar-refractivity contribution >= 4 is 11.7 Å². The SMILES string of the molecule is Cc1ccc(C(=O)CCC(=O)NC2CCCc3ccccc32)cc1. The van der Waals surface area contributed by atoms with Crippen LogP contribution < -0.4 is 5.32 Å². The summed E-state index contributed by atoms with van der Waals surface area (Å²) < 4.78 is 0. The Morgan fingerprint density at radius 3 is 2.58 bits per heavy atom. The maximum atomic E-state index is 12.2. The van der Waals surface area contributed by atoms with Gasteiger partial charge in [-0.25, -0.2) is 0 Å². The smallest absolute Gasteiger partial charge is 0.220 e. The normalized spacial score (nSPS) is 16.3. The molecule has 0 radical (unpaired) electrons. The number of rotatable bonds is 5. The number of aryl methyl sites for hydroxylation is 2. The second-order valence-electron chi connectivity index (χ2n) is 6.50. The molecule has 0 saturated carbocycles. The number of benzene rings is 2. The topological polar surface area (TPSA) is 46.2 Å². The van der Waals surface area contributed by atoms with E-state index in [-0.39, 0.29) is 30.6 Å². The van der Waals surface area contributed by atoms with Gasteiger partial charge >= 0.3 is 0 Å². The third-order valence-electron chi connectivity index (χ3n) is 4.66. The summed E-state index contributed by atoms with van der Waals surface area (Å²) in [7, 11) is 0. The lowest BCUT2D eigenvalue weighted by Gasteiger charge is -2.26. The summed E-state index contributed by atoms with van der Waals surface area (Å²) in [4.78, 5) is 24.4. The molecule has 0 bridgehead atoms. The summed E-state index contributed by atoms with van der Waals surface area (Å²) in [5, 5.41) is 3.10. The molecule has 3 rings (SSSR count). The molecule has 0 aromatic heterocycles. The van der Waals surface area contributed by atoms with Crippen molar-refractivity contribution in [1.29, 1.82) is 0 Å². The molecule has 1 aliphatic carbocycles. The molecule has 3 nitrogen and oxygen atoms in total. The number of carbonyl (C=O) groups is 2. The molecule has 0 spiro atoms. The fourth-order valence-corrected chi connectivity index (χ4v) is 3.28. The average Bonchev–Trinajstić information content (AvgIpc) is 2.61. The van der Waals surface area contributed by atoms with Crippen molar-refractivity contribution in [2.45, 2.75) is 45.1 Å². The highest BCUT2D eigenvalue weighted by atomic mass is 16.2. The zero-order valence-electron chi connectivity index (χ0n) is 14.0. The van der Waals surface area contributed by atoms with Gasteiger partial charge in [0.25, 0.3) is 0 Å². The second-order valence-corrected chi connectivity index (χ2v) is 6.50. The first-order chi connectivity index (χ1) is 11.6. The molecule has 1 N–H and O–H groups in total. The molecule has 2 aromatic carbocycles. The molecule has 1 unspecified atom stereocenters. The van der Waals surface area contributed by atoms with Crippen LogP contribution in [0.1, 0.15) is 58.8 Å². The number of hydrogen-bond acceptors (Lipinski definition) is 2. The van der Waals surface area contributed by atoms with Gasteiger partial charge in [-0.15, -0.1) is 0 Å². The van der Waals surface area contributed by atoms with Crippen molar-refractivity contribution < 1.29 is 9.59 Å². The third-order valence-corrected chi connectivity index (χ3v) is 4.66. The van der Waals surface area contributed by atoms with Gasteiger partial charge in [-0.2, -0.15) is 0 Å². The highest BCUT2D eigenvalue weighted by molar-refractivity contribution is 5.98. The molecule has 3 heteroatoms. The number of fused-ring (bicyclic) bond motifs is 1. The summed E-state index contributed by atoms with van der Waals surface area (Å²) in [5.74, 6) is -0.0219. The van der Waals surface area contributed by atoms with Crippen LogP contribution in [0.5, 0.6) is 0 Å². The van der Waals surface area contributed by atoms with Gasteiger partial charge in [0.05, 0.1) is 6.04 Å². The summed E-state index contributed by atoms with van der Waals surface area (Å²) in [5.41, 5.74) is 4.35. The molecule has 1 atom stereocenters. The molecular formula is C21H23NO2. The highest BCUT2D eigenvalue weighted by Crippen LogP contribution is 2.29. The molecule has 24 heavy (non-hydrogen) atoms. The predicted octanol–water partition coefficient (Wildman–Crippen LogP) is 4.15. The van der Waals surface area contributed by atoms with Gasteiger partial charge in [0.2, 0.25) is 5.91 Å². The van der Waals surface area contributed by atoms with Gasteiger partial charge in [0, 0.05) is 18.4 Å². The van der Waals surface area contributed by atoms with Crippen LogP contribution in [0.25, 0.3) is 0 Å². The Bertz CT molecular complexity index is 734. The number of amides is 1. The largest absolute Gasteiger partial charge is 0.349 e. The van der Waals surface area contributed by atoms with Crippen molar-refractivity contribution in [3.8, 4) is 0 Å². The van der Waals surface area contributed by atoms with E-state index in [4.69, 9.17) is 0 Å². The van der Waals surface area contributed by atoms with Gasteiger partial charge < -0.3 is 5.32 Å². The van der Waals surface area contributed by atoms with E-state index in [0.29, 0.717) is 5.56 Å². The van der Waals surface area contributed by atoms with Crippen LogP contribution in [0, 0.1) is 6.92 Å². The lowest BCUT2D eigenvalue weighted by Crippen LogP contribution is -2.31. The van der Waals surface area contributed by atoms with E-state index in [1.165, 1.54) is 11.1 Å². The van der Waals surface area contributed by atoms with Gasteiger partial charge in [0.1, 0.15) is 0 Å². The highest BCUT2D eigenvalue weighted by Gasteiger charge is 2.21. The minimum Gasteiger partial charge on any atom is -0.349 e. The Labute approximate surface area is 143 Å². The number of carbonyl (C=O) groups excluding carboxylic acids is 2. The average molecular weight is 321 g/mol. The zero-order valence-corrected chi connectivity index (χ0v) is 14.0. The predicted molar refractivity (Wildman–Crippen MR) is 95.0 cm³/mol. The molecular weight excluding hydrogens is 298 g/mol. The van der Waals surface area contributed by atoms with E-state index in [1.54, 1.807) is 0 Å². The van der Waals surface area contributed by atoms with E-state index in [9.17, 15) is 9.59 Å². The minimum atomic E-state index is -0.0443. The first-order valence-corrected chi connectivity index (χ1v) is 8.60. The minimum absolute atomic E-state index is 0.0224. The first kappa shape index (κ1) is 16.4. The number of nitrogens with one attached hydrogen (secondary N) is 1. The number of Topliss-reactive ketones (excluding diaryl/α,β-unsaturated/α-hetero) is 1. The standard InChI is InChI=1S/C21H23NO2/c1-15-9-11-17(12-10-15)20(23)13-14-21(24)22-19-8-4-6-16-5-2-3-7-18(16)19/h2-3,5,7,9-12,19H,4,6,8,13-14H2,1H3,(H,22,24). The fraction of sp³-hybridized carbons (Fsp3) is 0.333. The lowest BCUT2D eigenvalue weighted by molar-refractivity contribution is -0.121. The summed E-state index contributed by atoms with van der Waals surface area (Å²) in [6.07, 6.45) is 3.63.